The van der Waals surface area contributed by atoms with Gasteiger partial charge in [0.1, 0.15) is 22.8 Å². The van der Waals surface area contributed by atoms with Gasteiger partial charge in [-0.1, -0.05) is 26.8 Å². The lowest BCUT2D eigenvalue weighted by molar-refractivity contribution is -0.148. The summed E-state index contributed by atoms with van der Waals surface area (Å²) in [6.45, 7) is 7.09. The highest BCUT2D eigenvalue weighted by Gasteiger charge is 2.63. The molecule has 1 heterocycles. The van der Waals surface area contributed by atoms with E-state index in [2.05, 4.69) is 31.1 Å². The summed E-state index contributed by atoms with van der Waals surface area (Å²) in [6.07, 6.45) is 1.84. The smallest absolute Gasteiger partial charge is 0.255 e. The third kappa shape index (κ3) is 4.81. The number of aliphatic hydroxyl groups is 3. The van der Waals surface area contributed by atoms with Gasteiger partial charge in [0, 0.05) is 41.9 Å². The number of phenols is 1. The van der Waals surface area contributed by atoms with Gasteiger partial charge in [0.05, 0.1) is 17.3 Å². The summed E-state index contributed by atoms with van der Waals surface area (Å²) in [5.41, 5.74) is 3.87. The van der Waals surface area contributed by atoms with Crippen LogP contribution in [-0.2, 0) is 22.6 Å². The van der Waals surface area contributed by atoms with Crippen LogP contribution in [-0.4, -0.2) is 80.1 Å². The molecule has 1 amide bonds. The Morgan fingerprint density at radius 3 is 2.47 bits per heavy atom. The molecule has 0 aliphatic heterocycles. The summed E-state index contributed by atoms with van der Waals surface area (Å²) in [7, 11) is 3.19. The molecule has 11 nitrogen and oxygen atoms in total. The summed E-state index contributed by atoms with van der Waals surface area (Å²) in [4.78, 5) is 46.1. The van der Waals surface area contributed by atoms with Gasteiger partial charge in [-0.15, -0.1) is 0 Å². The molecule has 11 heteroatoms. The van der Waals surface area contributed by atoms with Crippen molar-refractivity contribution in [3.05, 3.63) is 69.8 Å². The molecule has 4 atom stereocenters. The van der Waals surface area contributed by atoms with E-state index in [1.54, 1.807) is 26.4 Å². The fraction of sp³-hybridized carbons (Fsp3) is 0.438. The lowest BCUT2D eigenvalue weighted by Gasteiger charge is -2.50. The SMILES string of the molecule is CN(C)[C@H]1C(O)=C(C(N)=O)C(=O)[C@]2(O)C(O)=C3C(=O)c4c(O)c(CNCC(C)(C)C)cc(-c5ccccn5)c4C[C@@H]3C[C@H]12. The number of phenolic OH excluding ortho intramolecular Hbond substituents is 1. The quantitative estimate of drug-likeness (QED) is 0.273. The number of carbonyl (C=O) groups excluding carboxylic acids is 3. The first kappa shape index (κ1) is 30.4. The minimum absolute atomic E-state index is 0.0169. The Hall–Kier alpha value is -4.06. The van der Waals surface area contributed by atoms with Gasteiger partial charge in [-0.25, -0.2) is 0 Å². The van der Waals surface area contributed by atoms with Crippen molar-refractivity contribution in [3.63, 3.8) is 0 Å². The number of amides is 1. The Bertz CT molecular complexity index is 1590. The Kier molecular flexibility index (Phi) is 7.48. The number of nitrogens with one attached hydrogen (secondary N) is 1. The molecule has 5 rings (SSSR count). The van der Waals surface area contributed by atoms with E-state index in [4.69, 9.17) is 5.73 Å². The van der Waals surface area contributed by atoms with Gasteiger partial charge in [0.15, 0.2) is 11.4 Å². The van der Waals surface area contributed by atoms with Gasteiger partial charge in [-0.2, -0.15) is 0 Å². The van der Waals surface area contributed by atoms with Crippen LogP contribution in [0.2, 0.25) is 0 Å². The Morgan fingerprint density at radius 2 is 1.88 bits per heavy atom. The lowest BCUT2D eigenvalue weighted by Crippen LogP contribution is -2.63. The number of likely N-dealkylation sites (N-methyl/N-ethyl adjacent to an activating group) is 1. The number of fused-ring (bicyclic) bond motifs is 3. The highest BCUT2D eigenvalue weighted by molar-refractivity contribution is 6.25. The number of Topliss-reactive ketones (excluding diaryl/α,β-unsaturated/α-hetero) is 2. The molecular weight excluding hydrogens is 552 g/mol. The number of aromatic nitrogens is 1. The number of aromatic hydroxyl groups is 1. The molecule has 0 unspecified atom stereocenters. The van der Waals surface area contributed by atoms with Crippen LogP contribution in [0.1, 0.15) is 48.7 Å². The van der Waals surface area contributed by atoms with Gasteiger partial charge >= 0.3 is 0 Å². The van der Waals surface area contributed by atoms with Gasteiger partial charge < -0.3 is 31.5 Å². The number of allylic oxidation sites excluding steroid dienone is 1. The Labute approximate surface area is 249 Å². The number of hydrogen-bond acceptors (Lipinski definition) is 10. The van der Waals surface area contributed by atoms with Gasteiger partial charge in [-0.3, -0.25) is 24.3 Å². The van der Waals surface area contributed by atoms with Crippen molar-refractivity contribution >= 4 is 17.5 Å². The highest BCUT2D eigenvalue weighted by Crippen LogP contribution is 2.53. The highest BCUT2D eigenvalue weighted by atomic mass is 16.3. The molecule has 0 fully saturated rings. The summed E-state index contributed by atoms with van der Waals surface area (Å²) < 4.78 is 0. The van der Waals surface area contributed by atoms with Gasteiger partial charge in [-0.05, 0) is 62.0 Å². The molecule has 43 heavy (non-hydrogen) atoms. The second kappa shape index (κ2) is 10.6. The van der Waals surface area contributed by atoms with Gasteiger partial charge in [0.2, 0.25) is 5.78 Å². The molecule has 0 radical (unpaired) electrons. The number of pyridine rings is 1. The molecule has 0 saturated heterocycles. The predicted octanol–water partition coefficient (Wildman–Crippen LogP) is 2.32. The van der Waals surface area contributed by atoms with Crippen LogP contribution in [0.5, 0.6) is 5.75 Å². The standard InChI is InChI=1S/C32H38N4O7/c1-31(2,3)14-34-13-16-11-17(20-8-6-7-9-35-20)18-10-15-12-19-24(36(4)5)27(39)23(30(33)42)29(41)32(19,43)28(40)21(15)26(38)22(18)25(16)37/h6-9,11,15,19,24,34,37,39-40,43H,10,12-14H2,1-5H3,(H2,33,42)/t15-,19-,24-,32-/m1/s1. The monoisotopic (exact) mass is 590 g/mol. The van der Waals surface area contributed by atoms with E-state index in [0.29, 0.717) is 28.9 Å². The molecule has 1 aromatic heterocycles. The maximum Gasteiger partial charge on any atom is 0.255 e. The summed E-state index contributed by atoms with van der Waals surface area (Å²) in [5.74, 6) is -6.75. The molecular formula is C32H38N4O7. The number of rotatable bonds is 6. The van der Waals surface area contributed by atoms with Crippen LogP contribution >= 0.6 is 0 Å². The van der Waals surface area contributed by atoms with Crippen molar-refractivity contribution < 1.29 is 34.8 Å². The molecule has 2 aromatic rings. The summed E-state index contributed by atoms with van der Waals surface area (Å²) in [5, 5.41) is 49.2. The van der Waals surface area contributed by atoms with Crippen LogP contribution < -0.4 is 11.1 Å². The third-order valence-corrected chi connectivity index (χ3v) is 8.71. The van der Waals surface area contributed by atoms with E-state index < -0.39 is 58.0 Å². The van der Waals surface area contributed by atoms with Crippen LogP contribution in [0.25, 0.3) is 11.3 Å². The first-order valence-corrected chi connectivity index (χ1v) is 14.2. The Balaban J connectivity index is 1.70. The van der Waals surface area contributed by atoms with E-state index in [1.807, 2.05) is 18.2 Å². The number of aliphatic hydroxyl groups excluding tert-OH is 2. The predicted molar refractivity (Wildman–Crippen MR) is 158 cm³/mol. The zero-order valence-corrected chi connectivity index (χ0v) is 24.9. The molecule has 0 bridgehead atoms. The number of ketones is 2. The van der Waals surface area contributed by atoms with Crippen molar-refractivity contribution in [1.29, 1.82) is 0 Å². The van der Waals surface area contributed by atoms with E-state index in [1.165, 1.54) is 4.90 Å². The van der Waals surface area contributed by atoms with E-state index in [-0.39, 0.29) is 41.7 Å². The molecule has 228 valence electrons. The minimum Gasteiger partial charge on any atom is -0.510 e. The number of hydrogen-bond donors (Lipinski definition) is 6. The first-order valence-electron chi connectivity index (χ1n) is 14.2. The van der Waals surface area contributed by atoms with Crippen molar-refractivity contribution in [2.45, 2.75) is 51.8 Å². The number of nitrogens with zero attached hydrogens (tertiary/aromatic N) is 2. The second-order valence-corrected chi connectivity index (χ2v) is 13.1. The van der Waals surface area contributed by atoms with Crippen LogP contribution in [0.15, 0.2) is 53.1 Å². The molecule has 7 N–H and O–H groups in total. The second-order valence-electron chi connectivity index (χ2n) is 13.1. The third-order valence-electron chi connectivity index (χ3n) is 8.71. The molecule has 0 spiro atoms. The maximum atomic E-state index is 14.3. The van der Waals surface area contributed by atoms with Crippen LogP contribution in [0, 0.1) is 17.3 Å². The van der Waals surface area contributed by atoms with Crippen molar-refractivity contribution in [2.75, 3.05) is 20.6 Å². The van der Waals surface area contributed by atoms with E-state index in [0.717, 1.165) is 0 Å². The number of carbonyl (C=O) groups is 3. The minimum atomic E-state index is -2.68. The summed E-state index contributed by atoms with van der Waals surface area (Å²) >= 11 is 0. The number of nitrogens with two attached hydrogens (primary N) is 1. The normalized spacial score (nSPS) is 25.5. The zero-order chi connectivity index (χ0) is 31.6. The summed E-state index contributed by atoms with van der Waals surface area (Å²) in [6, 6.07) is 6.17. The molecule has 1 aromatic carbocycles. The van der Waals surface area contributed by atoms with Crippen LogP contribution in [0.4, 0.5) is 0 Å². The van der Waals surface area contributed by atoms with Crippen molar-refractivity contribution in [2.24, 2.45) is 23.0 Å². The average Bonchev–Trinajstić information content (AvgIpc) is 2.91. The molecule has 0 saturated carbocycles. The van der Waals surface area contributed by atoms with Crippen LogP contribution in [0.3, 0.4) is 0 Å². The fourth-order valence-corrected chi connectivity index (χ4v) is 6.83. The van der Waals surface area contributed by atoms with E-state index >= 15 is 0 Å². The van der Waals surface area contributed by atoms with Crippen molar-refractivity contribution in [3.8, 4) is 17.0 Å². The van der Waals surface area contributed by atoms with Gasteiger partial charge in [0.25, 0.3) is 5.91 Å². The first-order chi connectivity index (χ1) is 20.1. The molecule has 3 aliphatic rings. The topological polar surface area (TPSA) is 186 Å². The largest absolute Gasteiger partial charge is 0.510 e. The Morgan fingerprint density at radius 1 is 1.19 bits per heavy atom. The number of primary amides is 1. The molecule has 3 aliphatic carbocycles. The average molecular weight is 591 g/mol. The van der Waals surface area contributed by atoms with Crippen molar-refractivity contribution in [1.82, 2.24) is 15.2 Å². The number of benzene rings is 1. The lowest BCUT2D eigenvalue weighted by atomic mass is 9.58. The maximum absolute atomic E-state index is 14.3. The zero-order valence-electron chi connectivity index (χ0n) is 24.9. The van der Waals surface area contributed by atoms with E-state index in [9.17, 15) is 34.8 Å². The fourth-order valence-electron chi connectivity index (χ4n) is 6.83.